The minimum Gasteiger partial charge on any atom is -0.375 e. The Morgan fingerprint density at radius 1 is 1.21 bits per heavy atom. The van der Waals surface area contributed by atoms with Crippen LogP contribution in [0.5, 0.6) is 0 Å². The molecule has 1 aromatic carbocycles. The van der Waals surface area contributed by atoms with Crippen LogP contribution in [0.4, 0.5) is 24.5 Å². The first-order valence-electron chi connectivity index (χ1n) is 7.86. The Balaban J connectivity index is 1.81. The summed E-state index contributed by atoms with van der Waals surface area (Å²) in [6.07, 6.45) is 6.34. The molecule has 0 bridgehead atoms. The van der Waals surface area contributed by atoms with Gasteiger partial charge in [0.05, 0.1) is 9.82 Å². The lowest BCUT2D eigenvalue weighted by Crippen LogP contribution is -2.23. The van der Waals surface area contributed by atoms with Crippen molar-refractivity contribution in [1.82, 2.24) is 14.5 Å². The predicted octanol–water partition coefficient (Wildman–Crippen LogP) is 3.08. The fourth-order valence-corrected chi connectivity index (χ4v) is 3.16. The number of sulfone groups is 1. The number of benzene rings is 1. The molecule has 0 aliphatic carbocycles. The van der Waals surface area contributed by atoms with Crippen molar-refractivity contribution in [3.05, 3.63) is 70.9 Å². The summed E-state index contributed by atoms with van der Waals surface area (Å²) >= 11 is 0. The number of anilines is 1. The number of pyridine rings is 1. The van der Waals surface area contributed by atoms with E-state index in [1.165, 1.54) is 6.20 Å². The Morgan fingerprint density at radius 2 is 1.97 bits per heavy atom. The Labute approximate surface area is 161 Å². The highest BCUT2D eigenvalue weighted by Crippen LogP contribution is 2.34. The average Bonchev–Trinajstić information content (AvgIpc) is 3.20. The molecule has 0 fully saturated rings. The van der Waals surface area contributed by atoms with Crippen molar-refractivity contribution in [3.63, 3.8) is 0 Å². The minimum atomic E-state index is -5.69. The Hall–Kier alpha value is -3.48. The first kappa shape index (κ1) is 20.3. The van der Waals surface area contributed by atoms with Gasteiger partial charge in [0.1, 0.15) is 17.8 Å². The van der Waals surface area contributed by atoms with E-state index < -0.39 is 30.9 Å². The standard InChI is InChI=1S/C16H12F3N5O4S/c17-16(18,19)29(27,28)12-2-3-13(14(7-12)24(25)26)21-8-11-1-4-15(22-9-11)23-6-5-20-10-23/h1-7,9-10,21H,8H2. The van der Waals surface area contributed by atoms with Gasteiger partial charge in [0.15, 0.2) is 0 Å². The lowest BCUT2D eigenvalue weighted by Gasteiger charge is -2.11. The monoisotopic (exact) mass is 427 g/mol. The number of hydrogen-bond acceptors (Lipinski definition) is 7. The normalized spacial score (nSPS) is 12.0. The maximum atomic E-state index is 12.7. The van der Waals surface area contributed by atoms with E-state index in [9.17, 15) is 31.7 Å². The largest absolute Gasteiger partial charge is 0.501 e. The highest BCUT2D eigenvalue weighted by Gasteiger charge is 2.47. The fraction of sp³-hybridized carbons (Fsp3) is 0.125. The SMILES string of the molecule is O=[N+]([O-])c1cc(S(=O)(=O)C(F)(F)F)ccc1NCc1ccc(-n2ccnc2)nc1. The number of nitrogens with zero attached hydrogens (tertiary/aromatic N) is 4. The molecular formula is C16H12F3N5O4S. The number of alkyl halides is 3. The minimum absolute atomic E-state index is 0.0728. The first-order valence-corrected chi connectivity index (χ1v) is 9.35. The molecular weight excluding hydrogens is 415 g/mol. The van der Waals surface area contributed by atoms with Gasteiger partial charge >= 0.3 is 5.51 Å². The number of nitro benzene ring substituents is 1. The van der Waals surface area contributed by atoms with Crippen molar-refractivity contribution in [2.24, 2.45) is 0 Å². The summed E-state index contributed by atoms with van der Waals surface area (Å²) in [5.41, 5.74) is -5.85. The predicted molar refractivity (Wildman–Crippen MR) is 95.0 cm³/mol. The van der Waals surface area contributed by atoms with Crippen LogP contribution in [0.3, 0.4) is 0 Å². The Morgan fingerprint density at radius 3 is 2.52 bits per heavy atom. The van der Waals surface area contributed by atoms with Crippen molar-refractivity contribution in [2.75, 3.05) is 5.32 Å². The molecule has 0 atom stereocenters. The third kappa shape index (κ3) is 4.18. The van der Waals surface area contributed by atoms with Gasteiger partial charge in [-0.2, -0.15) is 13.2 Å². The van der Waals surface area contributed by atoms with Crippen LogP contribution in [0.15, 0.2) is 60.1 Å². The van der Waals surface area contributed by atoms with Gasteiger partial charge in [-0.05, 0) is 23.8 Å². The second-order valence-electron chi connectivity index (χ2n) is 5.73. The fourth-order valence-electron chi connectivity index (χ4n) is 2.38. The Kier molecular flexibility index (Phi) is 5.24. The topological polar surface area (TPSA) is 120 Å². The molecule has 152 valence electrons. The van der Waals surface area contributed by atoms with Gasteiger partial charge in [-0.3, -0.25) is 14.7 Å². The summed E-state index contributed by atoms with van der Waals surface area (Å²) in [6.45, 7) is 0.0728. The third-order valence-electron chi connectivity index (χ3n) is 3.84. The summed E-state index contributed by atoms with van der Waals surface area (Å²) in [6, 6.07) is 5.35. The summed E-state index contributed by atoms with van der Waals surface area (Å²) in [7, 11) is -5.69. The van der Waals surface area contributed by atoms with E-state index in [0.29, 0.717) is 23.5 Å². The molecule has 0 saturated carbocycles. The first-order chi connectivity index (χ1) is 13.6. The summed E-state index contributed by atoms with van der Waals surface area (Å²) in [4.78, 5) is 17.2. The molecule has 2 heterocycles. The zero-order valence-corrected chi connectivity index (χ0v) is 15.2. The van der Waals surface area contributed by atoms with Crippen LogP contribution in [0.2, 0.25) is 0 Å². The smallest absolute Gasteiger partial charge is 0.375 e. The van der Waals surface area contributed by atoms with Gasteiger partial charge in [-0.15, -0.1) is 0 Å². The van der Waals surface area contributed by atoms with E-state index in [1.54, 1.807) is 35.4 Å². The molecule has 0 radical (unpaired) electrons. The van der Waals surface area contributed by atoms with Crippen molar-refractivity contribution in [3.8, 4) is 5.82 Å². The molecule has 13 heteroatoms. The molecule has 29 heavy (non-hydrogen) atoms. The number of nitrogens with one attached hydrogen (secondary N) is 1. The van der Waals surface area contributed by atoms with E-state index >= 15 is 0 Å². The van der Waals surface area contributed by atoms with Gasteiger partial charge in [0.25, 0.3) is 15.5 Å². The van der Waals surface area contributed by atoms with Gasteiger partial charge < -0.3 is 5.32 Å². The van der Waals surface area contributed by atoms with Crippen LogP contribution in [0, 0.1) is 10.1 Å². The molecule has 9 nitrogen and oxygen atoms in total. The maximum Gasteiger partial charge on any atom is 0.501 e. The number of halogens is 3. The van der Waals surface area contributed by atoms with Crippen LogP contribution >= 0.6 is 0 Å². The number of imidazole rings is 1. The van der Waals surface area contributed by atoms with Crippen molar-refractivity contribution in [2.45, 2.75) is 16.9 Å². The lowest BCUT2D eigenvalue weighted by molar-refractivity contribution is -0.384. The summed E-state index contributed by atoms with van der Waals surface area (Å²) in [5.74, 6) is 0.596. The van der Waals surface area contributed by atoms with E-state index in [1.807, 2.05) is 0 Å². The van der Waals surface area contributed by atoms with E-state index in [2.05, 4.69) is 15.3 Å². The number of nitro groups is 1. The van der Waals surface area contributed by atoms with E-state index in [-0.39, 0.29) is 12.2 Å². The van der Waals surface area contributed by atoms with Crippen LogP contribution in [0.25, 0.3) is 5.82 Å². The number of rotatable bonds is 6. The van der Waals surface area contributed by atoms with E-state index in [4.69, 9.17) is 0 Å². The lowest BCUT2D eigenvalue weighted by atomic mass is 10.2. The third-order valence-corrected chi connectivity index (χ3v) is 5.33. The molecule has 0 saturated heterocycles. The van der Waals surface area contributed by atoms with Crippen LogP contribution in [-0.4, -0.2) is 33.4 Å². The molecule has 0 unspecified atom stereocenters. The van der Waals surface area contributed by atoms with Crippen LogP contribution in [0.1, 0.15) is 5.56 Å². The quantitative estimate of drug-likeness (QED) is 0.474. The molecule has 0 amide bonds. The van der Waals surface area contributed by atoms with Crippen LogP contribution in [-0.2, 0) is 16.4 Å². The molecule has 3 aromatic rings. The summed E-state index contributed by atoms with van der Waals surface area (Å²) in [5, 5.41) is 13.9. The highest BCUT2D eigenvalue weighted by molar-refractivity contribution is 7.92. The van der Waals surface area contributed by atoms with Gasteiger partial charge in [0, 0.05) is 31.2 Å². The van der Waals surface area contributed by atoms with Crippen molar-refractivity contribution in [1.29, 1.82) is 0 Å². The molecule has 0 aliphatic heterocycles. The molecule has 0 spiro atoms. The van der Waals surface area contributed by atoms with Gasteiger partial charge in [0.2, 0.25) is 0 Å². The zero-order chi connectivity index (χ0) is 21.2. The molecule has 2 aromatic heterocycles. The average molecular weight is 427 g/mol. The second kappa shape index (κ2) is 7.50. The molecule has 3 rings (SSSR count). The highest BCUT2D eigenvalue weighted by atomic mass is 32.2. The van der Waals surface area contributed by atoms with Crippen molar-refractivity contribution >= 4 is 21.2 Å². The van der Waals surface area contributed by atoms with Gasteiger partial charge in [-0.1, -0.05) is 6.07 Å². The number of aromatic nitrogens is 3. The van der Waals surface area contributed by atoms with Crippen molar-refractivity contribution < 1.29 is 26.5 Å². The number of hydrogen-bond donors (Lipinski definition) is 1. The van der Waals surface area contributed by atoms with Gasteiger partial charge in [-0.25, -0.2) is 18.4 Å². The second-order valence-corrected chi connectivity index (χ2v) is 7.67. The van der Waals surface area contributed by atoms with Crippen LogP contribution < -0.4 is 5.32 Å². The molecule has 0 aliphatic rings. The zero-order valence-electron chi connectivity index (χ0n) is 14.4. The summed E-state index contributed by atoms with van der Waals surface area (Å²) < 4.78 is 62.6. The Bertz CT molecular complexity index is 1130. The van der Waals surface area contributed by atoms with E-state index in [0.717, 1.165) is 6.07 Å². The maximum absolute atomic E-state index is 12.7. The molecule has 1 N–H and O–H groups in total.